The van der Waals surface area contributed by atoms with E-state index >= 15 is 0 Å². The maximum atomic E-state index is 12.4. The molecule has 1 atom stereocenters. The lowest BCUT2D eigenvalue weighted by Crippen LogP contribution is -2.23. The highest BCUT2D eigenvalue weighted by Crippen LogP contribution is 2.27. The number of rotatable bonds is 4. The lowest BCUT2D eigenvalue weighted by atomic mass is 10.2. The molecule has 1 unspecified atom stereocenters. The highest BCUT2D eigenvalue weighted by Gasteiger charge is 2.25. The predicted octanol–water partition coefficient (Wildman–Crippen LogP) is 1.18. The van der Waals surface area contributed by atoms with E-state index in [1.54, 1.807) is 6.92 Å². The van der Waals surface area contributed by atoms with Crippen molar-refractivity contribution in [1.82, 2.24) is 9.78 Å². The third-order valence-electron chi connectivity index (χ3n) is 1.95. The van der Waals surface area contributed by atoms with Gasteiger partial charge in [-0.2, -0.15) is 5.10 Å². The zero-order valence-corrected chi connectivity index (χ0v) is 8.08. The highest BCUT2D eigenvalue weighted by molar-refractivity contribution is 5.28. The molecule has 0 aliphatic carbocycles. The zero-order valence-electron chi connectivity index (χ0n) is 8.08. The fourth-order valence-corrected chi connectivity index (χ4v) is 1.24. The summed E-state index contributed by atoms with van der Waals surface area (Å²) in [5, 5.41) is 3.89. The monoisotopic (exact) mass is 205 g/mol. The minimum atomic E-state index is -2.62. The molecule has 14 heavy (non-hydrogen) atoms. The summed E-state index contributed by atoms with van der Waals surface area (Å²) < 4.78 is 31.1. The van der Waals surface area contributed by atoms with Crippen LogP contribution in [0.1, 0.15) is 18.7 Å². The molecule has 0 aliphatic heterocycles. The third kappa shape index (κ3) is 1.84. The van der Waals surface area contributed by atoms with Crippen LogP contribution in [-0.4, -0.2) is 23.3 Å². The van der Waals surface area contributed by atoms with Crippen LogP contribution in [0.3, 0.4) is 0 Å². The molecule has 2 N–H and O–H groups in total. The summed E-state index contributed by atoms with van der Waals surface area (Å²) in [5.41, 5.74) is 5.58. The second-order valence-electron chi connectivity index (χ2n) is 2.77. The Labute approximate surface area is 80.6 Å². The first kappa shape index (κ1) is 10.9. The predicted molar refractivity (Wildman–Crippen MR) is 47.4 cm³/mol. The molecule has 0 radical (unpaired) electrons. The minimum Gasteiger partial charge on any atom is -0.493 e. The van der Waals surface area contributed by atoms with Crippen molar-refractivity contribution in [3.8, 4) is 5.75 Å². The van der Waals surface area contributed by atoms with E-state index in [1.807, 2.05) is 0 Å². The van der Waals surface area contributed by atoms with E-state index in [2.05, 4.69) is 5.10 Å². The van der Waals surface area contributed by atoms with Gasteiger partial charge >= 0.3 is 0 Å². The van der Waals surface area contributed by atoms with Crippen molar-refractivity contribution in [2.75, 3.05) is 7.11 Å². The zero-order chi connectivity index (χ0) is 10.7. The molecule has 4 nitrogen and oxygen atoms in total. The van der Waals surface area contributed by atoms with Crippen LogP contribution < -0.4 is 10.5 Å². The summed E-state index contributed by atoms with van der Waals surface area (Å²) in [6.45, 7) is 2.28. The summed E-state index contributed by atoms with van der Waals surface area (Å²) in [5.74, 6) is 0.305. The molecule has 0 amide bonds. The number of aryl methyl sites for hydroxylation is 1. The van der Waals surface area contributed by atoms with Gasteiger partial charge in [-0.3, -0.25) is 4.68 Å². The Morgan fingerprint density at radius 3 is 2.71 bits per heavy atom. The van der Waals surface area contributed by atoms with Gasteiger partial charge in [0.25, 0.3) is 6.43 Å². The molecule has 0 spiro atoms. The van der Waals surface area contributed by atoms with Crippen LogP contribution in [0.4, 0.5) is 8.78 Å². The SMILES string of the molecule is CCn1ncc(OC)c1C(N)C(F)F. The van der Waals surface area contributed by atoms with Gasteiger partial charge < -0.3 is 10.5 Å². The number of nitrogens with two attached hydrogens (primary N) is 1. The maximum absolute atomic E-state index is 12.4. The van der Waals surface area contributed by atoms with Gasteiger partial charge in [-0.1, -0.05) is 0 Å². The Hall–Kier alpha value is -1.17. The molecule has 0 aromatic carbocycles. The van der Waals surface area contributed by atoms with Crippen LogP contribution in [0.15, 0.2) is 6.20 Å². The molecule has 1 aromatic rings. The Bertz CT molecular complexity index is 279. The van der Waals surface area contributed by atoms with Crippen molar-refractivity contribution in [2.24, 2.45) is 5.73 Å². The standard InChI is InChI=1S/C8H13F2N3O/c1-3-13-7(6(11)8(9)10)5(14-2)4-12-13/h4,6,8H,3,11H2,1-2H3. The van der Waals surface area contributed by atoms with E-state index in [9.17, 15) is 8.78 Å². The van der Waals surface area contributed by atoms with Crippen molar-refractivity contribution in [3.05, 3.63) is 11.9 Å². The van der Waals surface area contributed by atoms with Crippen LogP contribution in [-0.2, 0) is 6.54 Å². The summed E-state index contributed by atoms with van der Waals surface area (Å²) >= 11 is 0. The second-order valence-corrected chi connectivity index (χ2v) is 2.77. The number of aromatic nitrogens is 2. The molecule has 1 heterocycles. The first-order valence-corrected chi connectivity index (χ1v) is 4.25. The lowest BCUT2D eigenvalue weighted by Gasteiger charge is -2.13. The minimum absolute atomic E-state index is 0.241. The summed E-state index contributed by atoms with van der Waals surface area (Å²) in [7, 11) is 1.40. The van der Waals surface area contributed by atoms with E-state index in [1.165, 1.54) is 18.0 Å². The van der Waals surface area contributed by atoms with E-state index in [-0.39, 0.29) is 5.69 Å². The smallest absolute Gasteiger partial charge is 0.259 e. The van der Waals surface area contributed by atoms with Gasteiger partial charge in [0.1, 0.15) is 11.7 Å². The lowest BCUT2D eigenvalue weighted by molar-refractivity contribution is 0.111. The van der Waals surface area contributed by atoms with E-state index < -0.39 is 12.5 Å². The molecule has 0 bridgehead atoms. The quantitative estimate of drug-likeness (QED) is 0.802. The Morgan fingerprint density at radius 1 is 1.64 bits per heavy atom. The van der Waals surface area contributed by atoms with Gasteiger partial charge in [0.05, 0.1) is 13.3 Å². The largest absolute Gasteiger partial charge is 0.493 e. The summed E-state index contributed by atoms with van der Waals surface area (Å²) in [4.78, 5) is 0. The van der Waals surface area contributed by atoms with E-state index in [4.69, 9.17) is 10.5 Å². The van der Waals surface area contributed by atoms with Crippen LogP contribution in [0.5, 0.6) is 5.75 Å². The maximum Gasteiger partial charge on any atom is 0.259 e. The fourth-order valence-electron chi connectivity index (χ4n) is 1.24. The highest BCUT2D eigenvalue weighted by atomic mass is 19.3. The number of methoxy groups -OCH3 is 1. The molecule has 0 fully saturated rings. The van der Waals surface area contributed by atoms with Gasteiger partial charge in [-0.15, -0.1) is 0 Å². The van der Waals surface area contributed by atoms with Gasteiger partial charge in [-0.05, 0) is 6.92 Å². The van der Waals surface area contributed by atoms with Crippen molar-refractivity contribution < 1.29 is 13.5 Å². The van der Waals surface area contributed by atoms with Crippen LogP contribution in [0.2, 0.25) is 0 Å². The molecule has 6 heteroatoms. The number of hydrogen-bond donors (Lipinski definition) is 1. The van der Waals surface area contributed by atoms with E-state index in [0.29, 0.717) is 12.3 Å². The van der Waals surface area contributed by atoms with Gasteiger partial charge in [-0.25, -0.2) is 8.78 Å². The number of hydrogen-bond acceptors (Lipinski definition) is 3. The molecule has 1 rings (SSSR count). The average molecular weight is 205 g/mol. The van der Waals surface area contributed by atoms with Crippen molar-refractivity contribution in [1.29, 1.82) is 0 Å². The molecule has 0 saturated heterocycles. The molecule has 0 aliphatic rings. The normalized spacial score (nSPS) is 13.3. The first-order valence-electron chi connectivity index (χ1n) is 4.25. The van der Waals surface area contributed by atoms with Crippen LogP contribution in [0, 0.1) is 0 Å². The summed E-state index contributed by atoms with van der Waals surface area (Å²) in [6, 6.07) is -1.35. The van der Waals surface area contributed by atoms with Crippen molar-refractivity contribution in [2.45, 2.75) is 25.9 Å². The second kappa shape index (κ2) is 4.36. The Balaban J connectivity index is 3.07. The number of alkyl halides is 2. The number of nitrogens with zero attached hydrogens (tertiary/aromatic N) is 2. The Morgan fingerprint density at radius 2 is 2.29 bits per heavy atom. The van der Waals surface area contributed by atoms with Crippen LogP contribution in [0.25, 0.3) is 0 Å². The number of ether oxygens (including phenoxy) is 1. The van der Waals surface area contributed by atoms with Crippen LogP contribution >= 0.6 is 0 Å². The molecule has 0 saturated carbocycles. The number of halogens is 2. The molecule has 1 aromatic heterocycles. The third-order valence-corrected chi connectivity index (χ3v) is 1.95. The van der Waals surface area contributed by atoms with Gasteiger partial charge in [0, 0.05) is 6.54 Å². The fraction of sp³-hybridized carbons (Fsp3) is 0.625. The first-order chi connectivity index (χ1) is 6.61. The summed E-state index contributed by atoms with van der Waals surface area (Å²) in [6.07, 6.45) is -1.23. The van der Waals surface area contributed by atoms with Gasteiger partial charge in [0.15, 0.2) is 5.75 Å². The molecule has 80 valence electrons. The van der Waals surface area contributed by atoms with Crippen molar-refractivity contribution in [3.63, 3.8) is 0 Å². The topological polar surface area (TPSA) is 53.1 Å². The van der Waals surface area contributed by atoms with E-state index in [0.717, 1.165) is 0 Å². The molecular formula is C8H13F2N3O. The average Bonchev–Trinajstić information content (AvgIpc) is 2.58. The van der Waals surface area contributed by atoms with Gasteiger partial charge in [0.2, 0.25) is 0 Å². The Kier molecular flexibility index (Phi) is 3.40. The molecular weight excluding hydrogens is 192 g/mol. The van der Waals surface area contributed by atoms with Crippen molar-refractivity contribution >= 4 is 0 Å².